The van der Waals surface area contributed by atoms with Crippen LogP contribution in [-0.2, 0) is 0 Å². The van der Waals surface area contributed by atoms with E-state index in [0.717, 1.165) is 42.4 Å². The van der Waals surface area contributed by atoms with Crippen LogP contribution < -0.4 is 9.64 Å². The molecule has 0 radical (unpaired) electrons. The van der Waals surface area contributed by atoms with Crippen molar-refractivity contribution in [1.82, 2.24) is 0 Å². The first-order valence-corrected chi connectivity index (χ1v) is 6.79. The van der Waals surface area contributed by atoms with E-state index in [0.29, 0.717) is 0 Å². The predicted molar refractivity (Wildman–Crippen MR) is 81.7 cm³/mol. The number of hydrogen-bond donors (Lipinski definition) is 0. The minimum Gasteiger partial charge on any atom is -0.490 e. The number of allylic oxidation sites excluding steroid dienone is 2. The van der Waals surface area contributed by atoms with Crippen LogP contribution in [0.25, 0.3) is 0 Å². The lowest BCUT2D eigenvalue weighted by Crippen LogP contribution is -2.28. The number of anilines is 1. The molecule has 2 rings (SSSR count). The van der Waals surface area contributed by atoms with Crippen molar-refractivity contribution in [1.29, 1.82) is 0 Å². The molecule has 1 aromatic rings. The second-order valence-electron chi connectivity index (χ2n) is 5.03. The molecule has 1 heterocycles. The fraction of sp³-hybridized carbons (Fsp3) is 0.438. The lowest BCUT2D eigenvalue weighted by atomic mass is 10.1. The van der Waals surface area contributed by atoms with Crippen molar-refractivity contribution in [2.24, 2.45) is 4.99 Å². The van der Waals surface area contributed by atoms with Gasteiger partial charge < -0.3 is 9.64 Å². The first-order valence-electron chi connectivity index (χ1n) is 6.79. The van der Waals surface area contributed by atoms with Crippen molar-refractivity contribution in [3.8, 4) is 5.75 Å². The number of aliphatic imine (C=N–C) groups is 1. The highest BCUT2D eigenvalue weighted by Crippen LogP contribution is 2.31. The van der Waals surface area contributed by atoms with E-state index in [1.165, 1.54) is 5.57 Å². The first-order chi connectivity index (χ1) is 9.11. The Labute approximate surface area is 115 Å². The van der Waals surface area contributed by atoms with Crippen molar-refractivity contribution < 1.29 is 4.74 Å². The predicted octanol–water partition coefficient (Wildman–Crippen LogP) is 3.29. The Bertz CT molecular complexity index is 513. The summed E-state index contributed by atoms with van der Waals surface area (Å²) in [6, 6.07) is 6.30. The summed E-state index contributed by atoms with van der Waals surface area (Å²) in [5.41, 5.74) is 4.60. The first kappa shape index (κ1) is 13.7. The SMILES string of the molecule is CCN=C(C=C(C)C)c1ccc2c(c1)N(C)CCO2. The van der Waals surface area contributed by atoms with E-state index >= 15 is 0 Å². The van der Waals surface area contributed by atoms with Gasteiger partial charge in [0, 0.05) is 19.2 Å². The Balaban J connectivity index is 2.42. The zero-order valence-electron chi connectivity index (χ0n) is 12.2. The molecular formula is C16H22N2O. The maximum absolute atomic E-state index is 5.67. The highest BCUT2D eigenvalue weighted by atomic mass is 16.5. The summed E-state index contributed by atoms with van der Waals surface area (Å²) in [4.78, 5) is 6.82. The van der Waals surface area contributed by atoms with E-state index in [4.69, 9.17) is 4.74 Å². The highest BCUT2D eigenvalue weighted by molar-refractivity contribution is 6.09. The summed E-state index contributed by atoms with van der Waals surface area (Å²) in [6.45, 7) is 8.73. The maximum Gasteiger partial charge on any atom is 0.142 e. The van der Waals surface area contributed by atoms with E-state index in [9.17, 15) is 0 Å². The summed E-state index contributed by atoms with van der Waals surface area (Å²) in [7, 11) is 2.10. The van der Waals surface area contributed by atoms with Gasteiger partial charge in [-0.1, -0.05) is 5.57 Å². The van der Waals surface area contributed by atoms with Crippen LogP contribution in [0.3, 0.4) is 0 Å². The van der Waals surface area contributed by atoms with Gasteiger partial charge in [0.2, 0.25) is 0 Å². The Morgan fingerprint density at radius 3 is 2.89 bits per heavy atom. The Hall–Kier alpha value is -1.77. The van der Waals surface area contributed by atoms with E-state index < -0.39 is 0 Å². The second kappa shape index (κ2) is 5.91. The van der Waals surface area contributed by atoms with E-state index in [2.05, 4.69) is 55.9 Å². The van der Waals surface area contributed by atoms with Gasteiger partial charge in [-0.2, -0.15) is 0 Å². The van der Waals surface area contributed by atoms with Gasteiger partial charge in [-0.25, -0.2) is 0 Å². The average molecular weight is 258 g/mol. The fourth-order valence-corrected chi connectivity index (χ4v) is 2.17. The Morgan fingerprint density at radius 1 is 1.42 bits per heavy atom. The van der Waals surface area contributed by atoms with Crippen molar-refractivity contribution in [3.63, 3.8) is 0 Å². The van der Waals surface area contributed by atoms with Gasteiger partial charge in [0.25, 0.3) is 0 Å². The molecule has 0 saturated carbocycles. The number of ether oxygens (including phenoxy) is 1. The molecule has 102 valence electrons. The van der Waals surface area contributed by atoms with Crippen molar-refractivity contribution in [2.45, 2.75) is 20.8 Å². The molecule has 3 nitrogen and oxygen atoms in total. The summed E-state index contributed by atoms with van der Waals surface area (Å²) in [5.74, 6) is 0.963. The molecule has 0 aliphatic carbocycles. The largest absolute Gasteiger partial charge is 0.490 e. The van der Waals surface area contributed by atoms with Crippen LogP contribution in [0.2, 0.25) is 0 Å². The van der Waals surface area contributed by atoms with Crippen LogP contribution in [0.1, 0.15) is 26.3 Å². The molecule has 0 saturated heterocycles. The zero-order valence-corrected chi connectivity index (χ0v) is 12.2. The van der Waals surface area contributed by atoms with Crippen molar-refractivity contribution >= 4 is 11.4 Å². The van der Waals surface area contributed by atoms with Crippen LogP contribution in [-0.4, -0.2) is 32.5 Å². The van der Waals surface area contributed by atoms with Gasteiger partial charge in [0.05, 0.1) is 17.9 Å². The van der Waals surface area contributed by atoms with Gasteiger partial charge in [0.1, 0.15) is 12.4 Å². The molecule has 0 aromatic heterocycles. The third kappa shape index (κ3) is 3.16. The molecule has 1 aliphatic heterocycles. The second-order valence-corrected chi connectivity index (χ2v) is 5.03. The number of fused-ring (bicyclic) bond motifs is 1. The van der Waals surface area contributed by atoms with Crippen LogP contribution in [0, 0.1) is 0 Å². The number of benzene rings is 1. The summed E-state index contributed by atoms with van der Waals surface area (Å²) in [5, 5.41) is 0. The van der Waals surface area contributed by atoms with Crippen LogP contribution in [0.15, 0.2) is 34.8 Å². The normalized spacial score (nSPS) is 14.7. The topological polar surface area (TPSA) is 24.8 Å². The molecule has 0 bridgehead atoms. The number of rotatable bonds is 3. The van der Waals surface area contributed by atoms with Gasteiger partial charge in [-0.15, -0.1) is 0 Å². The quantitative estimate of drug-likeness (QED) is 0.777. The minimum atomic E-state index is 0.757. The molecule has 3 heteroatoms. The van der Waals surface area contributed by atoms with Gasteiger partial charge in [0.15, 0.2) is 0 Å². The van der Waals surface area contributed by atoms with E-state index in [1.54, 1.807) is 0 Å². The monoisotopic (exact) mass is 258 g/mol. The fourth-order valence-electron chi connectivity index (χ4n) is 2.17. The Morgan fingerprint density at radius 2 is 2.21 bits per heavy atom. The average Bonchev–Trinajstić information content (AvgIpc) is 2.38. The third-order valence-corrected chi connectivity index (χ3v) is 3.10. The van der Waals surface area contributed by atoms with Crippen LogP contribution >= 0.6 is 0 Å². The van der Waals surface area contributed by atoms with Crippen LogP contribution in [0.4, 0.5) is 5.69 Å². The molecule has 0 fully saturated rings. The molecule has 0 unspecified atom stereocenters. The van der Waals surface area contributed by atoms with Gasteiger partial charge in [-0.05, 0) is 45.0 Å². The number of nitrogens with zero attached hydrogens (tertiary/aromatic N) is 2. The lowest BCUT2D eigenvalue weighted by Gasteiger charge is -2.28. The smallest absolute Gasteiger partial charge is 0.142 e. The zero-order chi connectivity index (χ0) is 13.8. The lowest BCUT2D eigenvalue weighted by molar-refractivity contribution is 0.311. The third-order valence-electron chi connectivity index (χ3n) is 3.10. The van der Waals surface area contributed by atoms with E-state index in [1.807, 2.05) is 6.07 Å². The van der Waals surface area contributed by atoms with E-state index in [-0.39, 0.29) is 0 Å². The van der Waals surface area contributed by atoms with Gasteiger partial charge >= 0.3 is 0 Å². The van der Waals surface area contributed by atoms with Crippen molar-refractivity contribution in [2.75, 3.05) is 31.6 Å². The molecule has 0 N–H and O–H groups in total. The summed E-state index contributed by atoms with van der Waals surface area (Å²) in [6.07, 6.45) is 2.13. The summed E-state index contributed by atoms with van der Waals surface area (Å²) >= 11 is 0. The summed E-state index contributed by atoms with van der Waals surface area (Å²) < 4.78 is 5.67. The van der Waals surface area contributed by atoms with Gasteiger partial charge in [-0.3, -0.25) is 4.99 Å². The number of likely N-dealkylation sites (N-methyl/N-ethyl adjacent to an activating group) is 1. The van der Waals surface area contributed by atoms with Crippen LogP contribution in [0.5, 0.6) is 5.75 Å². The number of hydrogen-bond acceptors (Lipinski definition) is 3. The maximum atomic E-state index is 5.67. The molecule has 1 aliphatic rings. The standard InChI is InChI=1S/C16H22N2O/c1-5-17-14(10-12(2)3)13-6-7-16-15(11-13)18(4)8-9-19-16/h6-7,10-11H,5,8-9H2,1-4H3. The molecule has 0 amide bonds. The minimum absolute atomic E-state index is 0.757. The highest BCUT2D eigenvalue weighted by Gasteiger charge is 2.15. The Kier molecular flexibility index (Phi) is 4.25. The molecule has 0 atom stereocenters. The molecular weight excluding hydrogens is 236 g/mol. The molecule has 1 aromatic carbocycles. The molecule has 19 heavy (non-hydrogen) atoms. The van der Waals surface area contributed by atoms with Crippen molar-refractivity contribution in [3.05, 3.63) is 35.4 Å². The molecule has 0 spiro atoms.